The van der Waals surface area contributed by atoms with E-state index in [0.717, 1.165) is 16.7 Å². The first-order valence-corrected chi connectivity index (χ1v) is 3.32. The number of aryl methyl sites for hydroxylation is 2. The molecule has 5 heteroatoms. The number of hydrogen-bond donors (Lipinski definition) is 0. The molecule has 59 valence electrons. The number of aromatic nitrogens is 4. The number of nitrogens with zero attached hydrogens (tertiary/aromatic N) is 4. The molecule has 0 aliphatic heterocycles. The van der Waals surface area contributed by atoms with Crippen molar-refractivity contribution in [3.8, 4) is 0 Å². The minimum absolute atomic E-state index is 0. The van der Waals surface area contributed by atoms with Gasteiger partial charge in [0.15, 0.2) is 0 Å². The molecule has 0 N–H and O–H groups in total. The summed E-state index contributed by atoms with van der Waals surface area (Å²) in [6.45, 7) is 1.90. The predicted octanol–water partition coefficient (Wildman–Crippen LogP) is 0.469. The van der Waals surface area contributed by atoms with Crippen molar-refractivity contribution < 1.29 is 32.7 Å². The molecule has 0 amide bonds. The van der Waals surface area contributed by atoms with E-state index in [1.165, 1.54) is 0 Å². The van der Waals surface area contributed by atoms with Gasteiger partial charge in [0.05, 0.1) is 0 Å². The summed E-state index contributed by atoms with van der Waals surface area (Å²) >= 11 is 0. The molecule has 12 heavy (non-hydrogen) atoms. The molecule has 2 aromatic heterocycles. The molecule has 0 saturated carbocycles. The average Bonchev–Trinajstić information content (AvgIpc) is 2.35. The van der Waals surface area contributed by atoms with Gasteiger partial charge in [-0.05, 0) is 11.2 Å². The summed E-state index contributed by atoms with van der Waals surface area (Å²) in [6.07, 6.45) is 2.78. The van der Waals surface area contributed by atoms with Crippen molar-refractivity contribution in [3.63, 3.8) is 0 Å². The molecule has 0 aromatic carbocycles. The van der Waals surface area contributed by atoms with Crippen LogP contribution in [0.5, 0.6) is 0 Å². The van der Waals surface area contributed by atoms with Gasteiger partial charge >= 0.3 is 0 Å². The third-order valence-corrected chi connectivity index (χ3v) is 1.65. The predicted molar refractivity (Wildman–Crippen MR) is 39.9 cm³/mol. The van der Waals surface area contributed by atoms with Crippen LogP contribution in [0.15, 0.2) is 6.07 Å². The molecule has 0 unspecified atom stereocenters. The van der Waals surface area contributed by atoms with E-state index in [0.29, 0.717) is 0 Å². The molecule has 2 heterocycles. The van der Waals surface area contributed by atoms with Crippen LogP contribution in [0.4, 0.5) is 0 Å². The first-order chi connectivity index (χ1) is 5.29. The first kappa shape index (κ1) is 9.74. The summed E-state index contributed by atoms with van der Waals surface area (Å²) < 4.78 is 1.71. The Morgan fingerprint density at radius 3 is 2.92 bits per heavy atom. The molecule has 0 atom stereocenters. The van der Waals surface area contributed by atoms with Crippen LogP contribution in [0.25, 0.3) is 11.0 Å². The Bertz CT molecular complexity index is 395. The van der Waals surface area contributed by atoms with Gasteiger partial charge < -0.3 is 9.67 Å². The summed E-state index contributed by atoms with van der Waals surface area (Å²) in [7, 11) is 1.85. The quantitative estimate of drug-likeness (QED) is 0.624. The van der Waals surface area contributed by atoms with E-state index in [2.05, 4.69) is 21.5 Å². The Balaban J connectivity index is 0.000000720. The van der Waals surface area contributed by atoms with Crippen LogP contribution in [0.1, 0.15) is 5.69 Å². The van der Waals surface area contributed by atoms with Gasteiger partial charge in [-0.15, -0.1) is 6.07 Å². The van der Waals surface area contributed by atoms with Gasteiger partial charge in [0, 0.05) is 45.3 Å². The van der Waals surface area contributed by atoms with Crippen LogP contribution in [-0.4, -0.2) is 20.0 Å². The first-order valence-electron chi connectivity index (χ1n) is 3.32. The molecule has 2 aromatic rings. The van der Waals surface area contributed by atoms with Gasteiger partial charge in [0.1, 0.15) is 0 Å². The topological polar surface area (TPSA) is 43.6 Å². The minimum Gasteiger partial charge on any atom is -0.389 e. The van der Waals surface area contributed by atoms with Gasteiger partial charge in [0.25, 0.3) is 0 Å². The SMILES string of the molecule is Cc1n[c-]cc2c1nnn2C.[Y]. The number of rotatable bonds is 0. The van der Waals surface area contributed by atoms with E-state index in [1.807, 2.05) is 14.0 Å². The number of fused-ring (bicyclic) bond motifs is 1. The van der Waals surface area contributed by atoms with Crippen LogP contribution in [-0.2, 0) is 39.8 Å². The summed E-state index contributed by atoms with van der Waals surface area (Å²) in [5.74, 6) is 0. The van der Waals surface area contributed by atoms with Crippen molar-refractivity contribution in [1.82, 2.24) is 20.0 Å². The summed E-state index contributed by atoms with van der Waals surface area (Å²) in [5.41, 5.74) is 2.69. The molecule has 0 bridgehead atoms. The molecular formula is C7H7N4Y-. The normalized spacial score (nSPS) is 9.83. The maximum Gasteiger partial charge on any atom is 0.0243 e. The van der Waals surface area contributed by atoms with E-state index in [4.69, 9.17) is 0 Å². The summed E-state index contributed by atoms with van der Waals surface area (Å²) in [5, 5.41) is 7.81. The zero-order chi connectivity index (χ0) is 7.84. The Morgan fingerprint density at radius 1 is 1.50 bits per heavy atom. The fourth-order valence-corrected chi connectivity index (χ4v) is 1.03. The monoisotopic (exact) mass is 236 g/mol. The fourth-order valence-electron chi connectivity index (χ4n) is 1.03. The fraction of sp³-hybridized carbons (Fsp3) is 0.286. The number of pyridine rings is 1. The standard InChI is InChI=1S/C7H7N4.Y/c1-5-7-6(3-4-8-5)11(2)10-9-7;/h3H,1-2H3;/q-1;. The molecule has 0 fully saturated rings. The molecule has 0 saturated heterocycles. The second-order valence-electron chi connectivity index (χ2n) is 2.42. The molecular weight excluding hydrogens is 229 g/mol. The van der Waals surface area contributed by atoms with Crippen molar-refractivity contribution in [2.75, 3.05) is 0 Å². The number of hydrogen-bond acceptors (Lipinski definition) is 3. The maximum absolute atomic E-state index is 3.98. The van der Waals surface area contributed by atoms with Crippen molar-refractivity contribution in [2.45, 2.75) is 6.92 Å². The van der Waals surface area contributed by atoms with E-state index >= 15 is 0 Å². The van der Waals surface area contributed by atoms with E-state index < -0.39 is 0 Å². The largest absolute Gasteiger partial charge is 0.389 e. The minimum atomic E-state index is 0. The molecule has 0 aliphatic rings. The zero-order valence-corrected chi connectivity index (χ0v) is 9.78. The third kappa shape index (κ3) is 1.41. The molecule has 0 spiro atoms. The van der Waals surface area contributed by atoms with Crippen LogP contribution < -0.4 is 0 Å². The Labute approximate surface area is 95.2 Å². The van der Waals surface area contributed by atoms with Gasteiger partial charge in [-0.25, -0.2) is 0 Å². The summed E-state index contributed by atoms with van der Waals surface area (Å²) in [6, 6.07) is 1.78. The van der Waals surface area contributed by atoms with Gasteiger partial charge in [-0.2, -0.15) is 5.10 Å². The summed E-state index contributed by atoms with van der Waals surface area (Å²) in [4.78, 5) is 3.98. The second kappa shape index (κ2) is 3.58. The maximum atomic E-state index is 3.98. The van der Waals surface area contributed by atoms with Gasteiger partial charge in [0.2, 0.25) is 0 Å². The van der Waals surface area contributed by atoms with Crippen LogP contribution >= 0.6 is 0 Å². The average molecular weight is 236 g/mol. The third-order valence-electron chi connectivity index (χ3n) is 1.65. The van der Waals surface area contributed by atoms with Gasteiger partial charge in [-0.3, -0.25) is 0 Å². The van der Waals surface area contributed by atoms with Gasteiger partial charge in [-0.1, -0.05) is 18.3 Å². The van der Waals surface area contributed by atoms with Crippen molar-refractivity contribution in [1.29, 1.82) is 0 Å². The van der Waals surface area contributed by atoms with Crippen LogP contribution in [0, 0.1) is 13.1 Å². The smallest absolute Gasteiger partial charge is 0.0243 e. The van der Waals surface area contributed by atoms with E-state index in [9.17, 15) is 0 Å². The molecule has 1 radical (unpaired) electrons. The van der Waals surface area contributed by atoms with E-state index in [1.54, 1.807) is 10.7 Å². The van der Waals surface area contributed by atoms with E-state index in [-0.39, 0.29) is 32.7 Å². The Morgan fingerprint density at radius 2 is 2.25 bits per heavy atom. The van der Waals surface area contributed by atoms with Crippen molar-refractivity contribution in [2.24, 2.45) is 7.05 Å². The van der Waals surface area contributed by atoms with Crippen LogP contribution in [0.3, 0.4) is 0 Å². The Hall–Kier alpha value is -0.346. The molecule has 0 aliphatic carbocycles. The second-order valence-corrected chi connectivity index (χ2v) is 2.42. The molecule has 4 nitrogen and oxygen atoms in total. The molecule has 2 rings (SSSR count). The Kier molecular flexibility index (Phi) is 2.91. The van der Waals surface area contributed by atoms with Crippen molar-refractivity contribution in [3.05, 3.63) is 18.0 Å². The van der Waals surface area contributed by atoms with Crippen LogP contribution in [0.2, 0.25) is 0 Å². The van der Waals surface area contributed by atoms with Crippen molar-refractivity contribution >= 4 is 11.0 Å². The zero-order valence-electron chi connectivity index (χ0n) is 6.94.